The highest BCUT2D eigenvalue weighted by Crippen LogP contribution is 2.36. The summed E-state index contributed by atoms with van der Waals surface area (Å²) in [5.74, 6) is -1.04. The number of aliphatic carboxylic acids is 1. The van der Waals surface area contributed by atoms with Crippen molar-refractivity contribution in [1.82, 2.24) is 9.47 Å². The van der Waals surface area contributed by atoms with E-state index in [1.165, 1.54) is 16.7 Å². The topological polar surface area (TPSA) is 65.4 Å². The van der Waals surface area contributed by atoms with E-state index in [-0.39, 0.29) is 10.2 Å². The summed E-state index contributed by atoms with van der Waals surface area (Å²) in [5, 5.41) is 12.5. The number of aromatic nitrogens is 1. The zero-order chi connectivity index (χ0) is 18.8. The molecule has 0 bridgehead atoms. The monoisotopic (exact) mass is 405 g/mol. The molecule has 3 rings (SSSR count). The quantitative estimate of drug-likeness (QED) is 0.543. The number of benzene rings is 1. The number of carboxylic acid groups (broad SMARTS) is 1. The van der Waals surface area contributed by atoms with Gasteiger partial charge in [-0.2, -0.15) is 11.8 Å². The molecule has 136 valence electrons. The number of carbonyl (C=O) groups excluding carboxylic acids is 2. The first kappa shape index (κ1) is 19.0. The van der Waals surface area contributed by atoms with Gasteiger partial charge >= 0.3 is 0 Å². The Morgan fingerprint density at radius 1 is 1.42 bits per heavy atom. The lowest BCUT2D eigenvalue weighted by Gasteiger charge is -2.27. The minimum atomic E-state index is -1.28. The normalized spacial score (nSPS) is 17.5. The van der Waals surface area contributed by atoms with Gasteiger partial charge in [0, 0.05) is 29.7 Å². The molecule has 0 N–H and O–H groups in total. The number of aryl methyl sites for hydroxylation is 1. The van der Waals surface area contributed by atoms with E-state index in [1.807, 2.05) is 48.3 Å². The molecule has 1 aromatic heterocycles. The molecule has 1 saturated heterocycles. The number of thioether (sulfide) groups is 2. The van der Waals surface area contributed by atoms with E-state index in [0.29, 0.717) is 17.1 Å². The fourth-order valence-corrected chi connectivity index (χ4v) is 4.77. The number of carboxylic acids is 1. The number of fused-ring (bicyclic) bond motifs is 1. The average molecular weight is 406 g/mol. The van der Waals surface area contributed by atoms with E-state index < -0.39 is 12.0 Å². The summed E-state index contributed by atoms with van der Waals surface area (Å²) >= 11 is 7.94. The molecule has 1 aliphatic rings. The summed E-state index contributed by atoms with van der Waals surface area (Å²) in [6.45, 7) is 0. The van der Waals surface area contributed by atoms with Gasteiger partial charge in [0.05, 0.1) is 16.9 Å². The van der Waals surface area contributed by atoms with Crippen LogP contribution in [0.5, 0.6) is 0 Å². The Morgan fingerprint density at radius 3 is 2.85 bits per heavy atom. The summed E-state index contributed by atoms with van der Waals surface area (Å²) in [6.07, 6.45) is 5.91. The molecule has 2 aromatic rings. The molecular weight excluding hydrogens is 388 g/mol. The molecule has 1 aromatic carbocycles. The zero-order valence-electron chi connectivity index (χ0n) is 14.3. The van der Waals surface area contributed by atoms with E-state index in [9.17, 15) is 14.7 Å². The van der Waals surface area contributed by atoms with Gasteiger partial charge in [0.15, 0.2) is 0 Å². The van der Waals surface area contributed by atoms with Crippen molar-refractivity contribution in [3.8, 4) is 0 Å². The molecule has 2 heterocycles. The molecular formula is C18H17N2O3S3-. The number of para-hydroxylation sites is 1. The van der Waals surface area contributed by atoms with Crippen molar-refractivity contribution in [2.24, 2.45) is 7.05 Å². The maximum atomic E-state index is 12.8. The number of hydrogen-bond donors (Lipinski definition) is 0. The van der Waals surface area contributed by atoms with Gasteiger partial charge < -0.3 is 14.5 Å². The summed E-state index contributed by atoms with van der Waals surface area (Å²) in [7, 11) is 1.94. The van der Waals surface area contributed by atoms with E-state index in [1.54, 1.807) is 6.08 Å². The highest BCUT2D eigenvalue weighted by Gasteiger charge is 2.37. The maximum absolute atomic E-state index is 12.8. The van der Waals surface area contributed by atoms with Crippen molar-refractivity contribution in [3.05, 3.63) is 40.9 Å². The third-order valence-electron chi connectivity index (χ3n) is 4.22. The predicted molar refractivity (Wildman–Crippen MR) is 110 cm³/mol. The highest BCUT2D eigenvalue weighted by atomic mass is 32.2. The molecule has 0 radical (unpaired) electrons. The smallest absolute Gasteiger partial charge is 0.266 e. The Hall–Kier alpha value is -1.77. The lowest BCUT2D eigenvalue weighted by molar-refractivity contribution is -0.310. The van der Waals surface area contributed by atoms with E-state index in [2.05, 4.69) is 0 Å². The van der Waals surface area contributed by atoms with Gasteiger partial charge in [-0.15, -0.1) is 0 Å². The standard InChI is InChI=1S/C18H18N2O3S3/c1-19-10-11(12-5-3-4-6-13(12)19)9-15-16(21)20(18(24)26-15)14(17(22)23)7-8-25-2/h3-6,9-10,14H,7-8H2,1-2H3,(H,22,23)/p-1/b15-9-/t14-/m1/s1. The fourth-order valence-electron chi connectivity index (χ4n) is 2.96. The summed E-state index contributed by atoms with van der Waals surface area (Å²) in [6, 6.07) is 6.87. The number of amides is 1. The summed E-state index contributed by atoms with van der Waals surface area (Å²) in [4.78, 5) is 26.0. The van der Waals surface area contributed by atoms with Crippen LogP contribution < -0.4 is 5.11 Å². The summed E-state index contributed by atoms with van der Waals surface area (Å²) in [5.41, 5.74) is 1.96. The molecule has 0 unspecified atom stereocenters. The number of rotatable bonds is 6. The van der Waals surface area contributed by atoms with Gasteiger partial charge in [-0.05, 0) is 30.6 Å². The van der Waals surface area contributed by atoms with Gasteiger partial charge in [0.1, 0.15) is 4.32 Å². The molecule has 0 aliphatic carbocycles. The minimum Gasteiger partial charge on any atom is -0.548 e. The third kappa shape index (κ3) is 3.54. The first-order chi connectivity index (χ1) is 12.4. The molecule has 26 heavy (non-hydrogen) atoms. The van der Waals surface area contributed by atoms with Gasteiger partial charge in [0.25, 0.3) is 5.91 Å². The van der Waals surface area contributed by atoms with Gasteiger partial charge in [-0.1, -0.05) is 42.2 Å². The molecule has 8 heteroatoms. The van der Waals surface area contributed by atoms with Gasteiger partial charge in [0.2, 0.25) is 0 Å². The Balaban J connectivity index is 1.95. The fraction of sp³-hybridized carbons (Fsp3) is 0.278. The third-order valence-corrected chi connectivity index (χ3v) is 6.19. The van der Waals surface area contributed by atoms with Crippen LogP contribution in [0.25, 0.3) is 17.0 Å². The van der Waals surface area contributed by atoms with Crippen LogP contribution in [0.2, 0.25) is 0 Å². The van der Waals surface area contributed by atoms with Crippen molar-refractivity contribution in [2.75, 3.05) is 12.0 Å². The van der Waals surface area contributed by atoms with Crippen LogP contribution in [0.1, 0.15) is 12.0 Å². The van der Waals surface area contributed by atoms with Crippen LogP contribution in [0, 0.1) is 0 Å². The first-order valence-electron chi connectivity index (χ1n) is 7.95. The van der Waals surface area contributed by atoms with Gasteiger partial charge in [-0.3, -0.25) is 9.69 Å². The second-order valence-electron chi connectivity index (χ2n) is 5.88. The van der Waals surface area contributed by atoms with E-state index >= 15 is 0 Å². The van der Waals surface area contributed by atoms with E-state index in [0.717, 1.165) is 28.2 Å². The Morgan fingerprint density at radius 2 is 2.15 bits per heavy atom. The largest absolute Gasteiger partial charge is 0.548 e. The molecule has 1 amide bonds. The van der Waals surface area contributed by atoms with Crippen molar-refractivity contribution < 1.29 is 14.7 Å². The summed E-state index contributed by atoms with van der Waals surface area (Å²) < 4.78 is 2.25. The number of nitrogens with zero attached hydrogens (tertiary/aromatic N) is 2. The van der Waals surface area contributed by atoms with Crippen LogP contribution in [0.15, 0.2) is 35.4 Å². The predicted octanol–water partition coefficient (Wildman–Crippen LogP) is 2.25. The maximum Gasteiger partial charge on any atom is 0.266 e. The van der Waals surface area contributed by atoms with Crippen LogP contribution in [0.3, 0.4) is 0 Å². The Labute approximate surface area is 165 Å². The van der Waals surface area contributed by atoms with Crippen LogP contribution >= 0.6 is 35.7 Å². The minimum absolute atomic E-state index is 0.261. The molecule has 1 aliphatic heterocycles. The van der Waals surface area contributed by atoms with Crippen LogP contribution in [0.4, 0.5) is 0 Å². The van der Waals surface area contributed by atoms with Crippen LogP contribution in [-0.2, 0) is 16.6 Å². The zero-order valence-corrected chi connectivity index (χ0v) is 16.7. The number of thiocarbonyl (C=S) groups is 1. The number of hydrogen-bond acceptors (Lipinski definition) is 6. The Kier molecular flexibility index (Phi) is 5.74. The molecule has 5 nitrogen and oxygen atoms in total. The van der Waals surface area contributed by atoms with Crippen LogP contribution in [-0.4, -0.2) is 43.7 Å². The first-order valence-corrected chi connectivity index (χ1v) is 10.6. The average Bonchev–Trinajstić information content (AvgIpc) is 3.07. The lowest BCUT2D eigenvalue weighted by Crippen LogP contribution is -2.50. The van der Waals surface area contributed by atoms with Crippen molar-refractivity contribution in [2.45, 2.75) is 12.5 Å². The van der Waals surface area contributed by atoms with E-state index in [4.69, 9.17) is 12.2 Å². The number of carbonyl (C=O) groups is 2. The molecule has 1 atom stereocenters. The molecule has 0 spiro atoms. The second-order valence-corrected chi connectivity index (χ2v) is 8.54. The lowest BCUT2D eigenvalue weighted by atomic mass is 10.1. The highest BCUT2D eigenvalue weighted by molar-refractivity contribution is 8.26. The van der Waals surface area contributed by atoms with Crippen molar-refractivity contribution in [1.29, 1.82) is 0 Å². The molecule has 0 saturated carbocycles. The van der Waals surface area contributed by atoms with Crippen molar-refractivity contribution >= 4 is 68.9 Å². The van der Waals surface area contributed by atoms with Crippen molar-refractivity contribution in [3.63, 3.8) is 0 Å². The second kappa shape index (κ2) is 7.85. The van der Waals surface area contributed by atoms with Gasteiger partial charge in [-0.25, -0.2) is 0 Å². The Bertz CT molecular complexity index is 920. The molecule has 1 fully saturated rings. The SMILES string of the molecule is CSCC[C@H](C(=O)[O-])N1C(=O)/C(=C/c2cn(C)c3ccccc23)SC1=S.